The third kappa shape index (κ3) is 0.990. The van der Waals surface area contributed by atoms with Crippen molar-refractivity contribution in [3.8, 4) is 0 Å². The first-order chi connectivity index (χ1) is 6.86. The summed E-state index contributed by atoms with van der Waals surface area (Å²) in [5.74, 6) is 0. The first kappa shape index (κ1) is 8.00. The van der Waals surface area contributed by atoms with Crippen LogP contribution in [0.1, 0.15) is 0 Å². The minimum absolute atomic E-state index is 1.21. The van der Waals surface area contributed by atoms with Crippen molar-refractivity contribution in [1.82, 2.24) is 0 Å². The maximum Gasteiger partial charge on any atom is 0.0682 e. The van der Waals surface area contributed by atoms with Gasteiger partial charge in [0.25, 0.3) is 0 Å². The van der Waals surface area contributed by atoms with Gasteiger partial charge in [-0.1, -0.05) is 24.3 Å². The van der Waals surface area contributed by atoms with E-state index < -0.39 is 0 Å². The number of hydrogen-bond acceptors (Lipinski definition) is 3. The molecule has 14 heavy (non-hydrogen) atoms. The molecule has 2 nitrogen and oxygen atoms in total. The van der Waals surface area contributed by atoms with Crippen LogP contribution in [-0.4, -0.2) is 7.05 Å². The van der Waals surface area contributed by atoms with Crippen LogP contribution in [0.5, 0.6) is 0 Å². The quantitative estimate of drug-likeness (QED) is 0.660. The normalized spacial score (nSPS) is 14.2. The molecule has 3 heteroatoms. The molecule has 0 amide bonds. The fourth-order valence-corrected chi connectivity index (χ4v) is 2.49. The summed E-state index contributed by atoms with van der Waals surface area (Å²) in [6.45, 7) is 0. The van der Waals surface area contributed by atoms with Crippen molar-refractivity contribution in [3.63, 3.8) is 0 Å². The maximum absolute atomic E-state index is 3.32. The zero-order valence-corrected chi connectivity index (χ0v) is 8.64. The van der Waals surface area contributed by atoms with Crippen molar-refractivity contribution < 1.29 is 0 Å². The molecule has 0 unspecified atom stereocenters. The van der Waals surface area contributed by atoms with Gasteiger partial charge in [-0.25, -0.2) is 0 Å². The summed E-state index contributed by atoms with van der Waals surface area (Å²) in [6, 6.07) is 12.7. The number of nitrogens with one attached hydrogen (secondary N) is 1. The predicted octanol–water partition coefficient (Wildman–Crippen LogP) is 3.26. The van der Waals surface area contributed by atoms with E-state index in [1.165, 1.54) is 22.1 Å². The third-order valence-corrected chi connectivity index (χ3v) is 3.30. The van der Waals surface area contributed by atoms with Crippen molar-refractivity contribution >= 4 is 34.3 Å². The minimum Gasteiger partial charge on any atom is -0.311 e. The molecule has 0 bridgehead atoms. The Balaban J connectivity index is 2.46. The molecule has 0 spiro atoms. The van der Waals surface area contributed by atoms with Crippen molar-refractivity contribution in [2.45, 2.75) is 0 Å². The Bertz CT molecular complexity index is 490. The SMILES string of the molecule is CN1SNc2cccc3cccc1c23. The summed E-state index contributed by atoms with van der Waals surface area (Å²) >= 11 is 1.62. The van der Waals surface area contributed by atoms with Crippen LogP contribution in [0.4, 0.5) is 11.4 Å². The lowest BCUT2D eigenvalue weighted by Gasteiger charge is -2.26. The molecule has 1 aliphatic rings. The van der Waals surface area contributed by atoms with Gasteiger partial charge in [0.05, 0.1) is 23.5 Å². The first-order valence-electron chi connectivity index (χ1n) is 4.55. The van der Waals surface area contributed by atoms with Gasteiger partial charge in [-0.05, 0) is 17.5 Å². The fraction of sp³-hybridized carbons (Fsp3) is 0.0909. The van der Waals surface area contributed by atoms with E-state index in [9.17, 15) is 0 Å². The predicted molar refractivity (Wildman–Crippen MR) is 63.6 cm³/mol. The molecule has 0 aliphatic carbocycles. The Labute approximate surface area is 87.2 Å². The van der Waals surface area contributed by atoms with Gasteiger partial charge in [-0.2, -0.15) is 0 Å². The second kappa shape index (κ2) is 2.82. The van der Waals surface area contributed by atoms with Crippen LogP contribution >= 0.6 is 12.1 Å². The molecule has 0 fully saturated rings. The van der Waals surface area contributed by atoms with Crippen molar-refractivity contribution in [1.29, 1.82) is 0 Å². The largest absolute Gasteiger partial charge is 0.311 e. The lowest BCUT2D eigenvalue weighted by molar-refractivity contribution is 1.37. The summed E-state index contributed by atoms with van der Waals surface area (Å²) in [4.78, 5) is 0. The molecular weight excluding hydrogens is 192 g/mol. The number of nitrogens with zero attached hydrogens (tertiary/aromatic N) is 1. The molecule has 0 atom stereocenters. The Morgan fingerprint density at radius 3 is 2.79 bits per heavy atom. The third-order valence-electron chi connectivity index (χ3n) is 2.51. The standard InChI is InChI=1S/C11H10N2S/c1-13-10-7-3-5-8-4-2-6-9(11(8)10)12-14-13/h2-7,12H,1H3. The second-order valence-electron chi connectivity index (χ2n) is 3.37. The van der Waals surface area contributed by atoms with Crippen molar-refractivity contribution in [2.24, 2.45) is 0 Å². The second-order valence-corrected chi connectivity index (χ2v) is 4.31. The highest BCUT2D eigenvalue weighted by Gasteiger charge is 2.15. The number of rotatable bonds is 0. The number of anilines is 2. The van der Waals surface area contributed by atoms with E-state index in [-0.39, 0.29) is 0 Å². The van der Waals surface area contributed by atoms with E-state index in [1.54, 1.807) is 12.1 Å². The van der Waals surface area contributed by atoms with Gasteiger partial charge < -0.3 is 9.03 Å². The van der Waals surface area contributed by atoms with Crippen LogP contribution in [0.2, 0.25) is 0 Å². The van der Waals surface area contributed by atoms with Crippen molar-refractivity contribution in [3.05, 3.63) is 36.4 Å². The van der Waals surface area contributed by atoms with E-state index in [1.807, 2.05) is 0 Å². The maximum atomic E-state index is 3.32. The van der Waals surface area contributed by atoms with Gasteiger partial charge in [-0.15, -0.1) is 0 Å². The molecule has 0 saturated carbocycles. The molecule has 2 aromatic rings. The molecule has 3 rings (SSSR count). The molecule has 0 radical (unpaired) electrons. The topological polar surface area (TPSA) is 15.3 Å². The summed E-state index contributed by atoms with van der Waals surface area (Å²) < 4.78 is 5.47. The molecule has 2 aromatic carbocycles. The summed E-state index contributed by atoms with van der Waals surface area (Å²) in [7, 11) is 2.07. The molecule has 70 valence electrons. The van der Waals surface area contributed by atoms with Gasteiger partial charge in [0, 0.05) is 12.4 Å². The highest BCUT2D eigenvalue weighted by Crippen LogP contribution is 2.39. The van der Waals surface area contributed by atoms with Crippen LogP contribution < -0.4 is 9.03 Å². The van der Waals surface area contributed by atoms with Gasteiger partial charge >= 0.3 is 0 Å². The average molecular weight is 202 g/mol. The highest BCUT2D eigenvalue weighted by atomic mass is 32.2. The molecule has 0 aromatic heterocycles. The van der Waals surface area contributed by atoms with Crippen LogP contribution in [-0.2, 0) is 0 Å². The van der Waals surface area contributed by atoms with Gasteiger partial charge in [0.2, 0.25) is 0 Å². The average Bonchev–Trinajstić information content (AvgIpc) is 2.24. The molecular formula is C11H10N2S. The molecule has 1 N–H and O–H groups in total. The summed E-state index contributed by atoms with van der Waals surface area (Å²) in [5, 5.41) is 2.61. The van der Waals surface area contributed by atoms with E-state index in [0.717, 1.165) is 0 Å². The van der Waals surface area contributed by atoms with Crippen molar-refractivity contribution in [2.75, 3.05) is 16.1 Å². The fourth-order valence-electron chi connectivity index (χ4n) is 1.84. The lowest BCUT2D eigenvalue weighted by Crippen LogP contribution is -2.14. The zero-order valence-electron chi connectivity index (χ0n) is 7.82. The van der Waals surface area contributed by atoms with Gasteiger partial charge in [0.1, 0.15) is 0 Å². The number of hydrogen-bond donors (Lipinski definition) is 1. The summed E-state index contributed by atoms with van der Waals surface area (Å²) in [6.07, 6.45) is 0. The van der Waals surface area contributed by atoms with Crippen LogP contribution in [0, 0.1) is 0 Å². The van der Waals surface area contributed by atoms with E-state index in [4.69, 9.17) is 0 Å². The highest BCUT2D eigenvalue weighted by molar-refractivity contribution is 8.02. The minimum atomic E-state index is 1.21. The Morgan fingerprint density at radius 2 is 1.93 bits per heavy atom. The van der Waals surface area contributed by atoms with Crippen LogP contribution in [0.3, 0.4) is 0 Å². The van der Waals surface area contributed by atoms with E-state index in [2.05, 4.69) is 52.5 Å². The Kier molecular flexibility index (Phi) is 1.61. The summed E-state index contributed by atoms with van der Waals surface area (Å²) in [5.41, 5.74) is 2.49. The Morgan fingerprint density at radius 1 is 1.14 bits per heavy atom. The van der Waals surface area contributed by atoms with Crippen LogP contribution in [0.25, 0.3) is 10.8 Å². The van der Waals surface area contributed by atoms with Gasteiger partial charge in [0.15, 0.2) is 0 Å². The van der Waals surface area contributed by atoms with E-state index in [0.29, 0.717) is 0 Å². The Hall–Kier alpha value is -1.35. The number of benzene rings is 2. The monoisotopic (exact) mass is 202 g/mol. The smallest absolute Gasteiger partial charge is 0.0682 e. The first-order valence-corrected chi connectivity index (χ1v) is 5.32. The van der Waals surface area contributed by atoms with E-state index >= 15 is 0 Å². The molecule has 1 aliphatic heterocycles. The lowest BCUT2D eigenvalue weighted by atomic mass is 10.1. The molecule has 0 saturated heterocycles. The van der Waals surface area contributed by atoms with Crippen LogP contribution in [0.15, 0.2) is 36.4 Å². The molecule has 1 heterocycles. The zero-order chi connectivity index (χ0) is 9.54. The van der Waals surface area contributed by atoms with Gasteiger partial charge in [-0.3, -0.25) is 0 Å².